The molecule has 0 aromatic heterocycles. The van der Waals surface area contributed by atoms with Gasteiger partial charge in [-0.1, -0.05) is 60.7 Å². The van der Waals surface area contributed by atoms with Crippen molar-refractivity contribution in [3.63, 3.8) is 0 Å². The predicted molar refractivity (Wildman–Crippen MR) is 156 cm³/mol. The first kappa shape index (κ1) is 25.0. The van der Waals surface area contributed by atoms with E-state index in [1.54, 1.807) is 0 Å². The SMILES string of the molecule is S=C(Nc1ccccc1)Nc1ccccc1OCCOc1ccccc1NC(=S)Nc1ccccc1. The average Bonchev–Trinajstić information content (AvgIpc) is 2.89. The number of nitrogens with one attached hydrogen (secondary N) is 4. The molecule has 4 rings (SSSR count). The molecule has 8 heteroatoms. The Morgan fingerprint density at radius 1 is 0.472 bits per heavy atom. The van der Waals surface area contributed by atoms with Gasteiger partial charge < -0.3 is 30.7 Å². The first-order valence-electron chi connectivity index (χ1n) is 11.4. The smallest absolute Gasteiger partial charge is 0.175 e. The number of anilines is 4. The second-order valence-electron chi connectivity index (χ2n) is 7.58. The number of hydrogen-bond acceptors (Lipinski definition) is 4. The number of hydrogen-bond donors (Lipinski definition) is 4. The molecule has 36 heavy (non-hydrogen) atoms. The van der Waals surface area contributed by atoms with Crippen LogP contribution in [0.4, 0.5) is 22.7 Å². The van der Waals surface area contributed by atoms with Gasteiger partial charge in [0, 0.05) is 11.4 Å². The quantitative estimate of drug-likeness (QED) is 0.144. The minimum absolute atomic E-state index is 0.346. The molecule has 0 amide bonds. The zero-order chi connectivity index (χ0) is 25.0. The van der Waals surface area contributed by atoms with E-state index in [0.29, 0.717) is 34.9 Å². The van der Waals surface area contributed by atoms with Gasteiger partial charge in [0.25, 0.3) is 0 Å². The number of rotatable bonds is 9. The van der Waals surface area contributed by atoms with Crippen molar-refractivity contribution in [3.8, 4) is 11.5 Å². The monoisotopic (exact) mass is 514 g/mol. The fourth-order valence-electron chi connectivity index (χ4n) is 3.31. The van der Waals surface area contributed by atoms with Gasteiger partial charge >= 0.3 is 0 Å². The molecule has 0 saturated carbocycles. The molecule has 0 spiro atoms. The molecular weight excluding hydrogens is 488 g/mol. The summed E-state index contributed by atoms with van der Waals surface area (Å²) < 4.78 is 12.0. The maximum Gasteiger partial charge on any atom is 0.175 e. The summed E-state index contributed by atoms with van der Waals surface area (Å²) in [5.74, 6) is 1.36. The lowest BCUT2D eigenvalue weighted by Crippen LogP contribution is -2.20. The molecule has 4 aromatic rings. The first-order valence-corrected chi connectivity index (χ1v) is 12.2. The molecule has 0 aliphatic carbocycles. The van der Waals surface area contributed by atoms with Crippen LogP contribution < -0.4 is 30.7 Å². The van der Waals surface area contributed by atoms with Crippen LogP contribution in [0.25, 0.3) is 0 Å². The van der Waals surface area contributed by atoms with Crippen molar-refractivity contribution in [2.45, 2.75) is 0 Å². The highest BCUT2D eigenvalue weighted by atomic mass is 32.1. The maximum absolute atomic E-state index is 5.98. The Balaban J connectivity index is 1.28. The first-order chi connectivity index (χ1) is 17.7. The number of thiocarbonyl (C=S) groups is 2. The van der Waals surface area contributed by atoms with Gasteiger partial charge in [0.15, 0.2) is 10.2 Å². The molecule has 6 nitrogen and oxygen atoms in total. The van der Waals surface area contributed by atoms with Crippen LogP contribution in [0.2, 0.25) is 0 Å². The lowest BCUT2D eigenvalue weighted by molar-refractivity contribution is 0.218. The van der Waals surface area contributed by atoms with E-state index in [1.165, 1.54) is 0 Å². The third kappa shape index (κ3) is 7.69. The molecule has 0 radical (unpaired) electrons. The number of benzene rings is 4. The van der Waals surface area contributed by atoms with Crippen LogP contribution >= 0.6 is 24.4 Å². The molecule has 0 fully saturated rings. The van der Waals surface area contributed by atoms with Crippen LogP contribution in [0, 0.1) is 0 Å². The second kappa shape index (κ2) is 13.1. The molecular formula is C28H26N4O2S2. The predicted octanol–water partition coefficient (Wildman–Crippen LogP) is 6.76. The fourth-order valence-corrected chi connectivity index (χ4v) is 3.76. The summed E-state index contributed by atoms with van der Waals surface area (Å²) in [6.45, 7) is 0.692. The van der Waals surface area contributed by atoms with Crippen molar-refractivity contribution in [3.05, 3.63) is 109 Å². The van der Waals surface area contributed by atoms with E-state index >= 15 is 0 Å². The van der Waals surface area contributed by atoms with Gasteiger partial charge in [0.1, 0.15) is 24.7 Å². The number of ether oxygens (including phenoxy) is 2. The number of para-hydroxylation sites is 6. The Kier molecular flexibility index (Phi) is 9.07. The van der Waals surface area contributed by atoms with Crippen LogP contribution in [0.3, 0.4) is 0 Å². The molecule has 182 valence electrons. The van der Waals surface area contributed by atoms with Gasteiger partial charge in [0.2, 0.25) is 0 Å². The minimum atomic E-state index is 0.346. The summed E-state index contributed by atoms with van der Waals surface area (Å²) in [6, 6.07) is 34.8. The van der Waals surface area contributed by atoms with E-state index in [4.69, 9.17) is 33.9 Å². The van der Waals surface area contributed by atoms with Gasteiger partial charge in [-0.2, -0.15) is 0 Å². The van der Waals surface area contributed by atoms with Crippen molar-refractivity contribution in [2.75, 3.05) is 34.5 Å². The van der Waals surface area contributed by atoms with Crippen LogP contribution in [-0.4, -0.2) is 23.4 Å². The normalized spacial score (nSPS) is 10.1. The molecule has 0 aliphatic heterocycles. The van der Waals surface area contributed by atoms with Gasteiger partial charge in [-0.3, -0.25) is 0 Å². The Hall–Kier alpha value is -4.14. The average molecular weight is 515 g/mol. The van der Waals surface area contributed by atoms with Crippen molar-refractivity contribution in [1.82, 2.24) is 0 Å². The standard InChI is InChI=1S/C28H26N4O2S2/c35-27(29-21-11-3-1-4-12-21)31-23-15-7-9-17-25(23)33-19-20-34-26-18-10-8-16-24(26)32-28(36)30-22-13-5-2-6-14-22/h1-18H,19-20H2,(H2,29,31,35)(H2,30,32,36). The van der Waals surface area contributed by atoms with Gasteiger partial charge in [-0.15, -0.1) is 0 Å². The fraction of sp³-hybridized carbons (Fsp3) is 0.0714. The Labute approximate surface area is 221 Å². The second-order valence-corrected chi connectivity index (χ2v) is 8.40. The van der Waals surface area contributed by atoms with E-state index in [2.05, 4.69) is 21.3 Å². The Morgan fingerprint density at radius 2 is 0.833 bits per heavy atom. The van der Waals surface area contributed by atoms with Crippen LogP contribution in [0.1, 0.15) is 0 Å². The third-order valence-electron chi connectivity index (χ3n) is 4.93. The van der Waals surface area contributed by atoms with Gasteiger partial charge in [-0.25, -0.2) is 0 Å². The van der Waals surface area contributed by atoms with Crippen LogP contribution in [0.15, 0.2) is 109 Å². The molecule has 0 bridgehead atoms. The Morgan fingerprint density at radius 3 is 1.25 bits per heavy atom. The van der Waals surface area contributed by atoms with E-state index in [1.807, 2.05) is 109 Å². The highest BCUT2D eigenvalue weighted by molar-refractivity contribution is 7.81. The summed E-state index contributed by atoms with van der Waals surface area (Å²) in [5, 5.41) is 13.7. The van der Waals surface area contributed by atoms with E-state index in [0.717, 1.165) is 22.7 Å². The zero-order valence-electron chi connectivity index (χ0n) is 19.4. The maximum atomic E-state index is 5.98. The van der Waals surface area contributed by atoms with Crippen LogP contribution in [0.5, 0.6) is 11.5 Å². The van der Waals surface area contributed by atoms with E-state index < -0.39 is 0 Å². The molecule has 4 aromatic carbocycles. The highest BCUT2D eigenvalue weighted by Crippen LogP contribution is 2.26. The molecule has 4 N–H and O–H groups in total. The van der Waals surface area contributed by atoms with E-state index in [-0.39, 0.29) is 0 Å². The summed E-state index contributed by atoms with van der Waals surface area (Å²) in [6.07, 6.45) is 0. The topological polar surface area (TPSA) is 66.6 Å². The largest absolute Gasteiger partial charge is 0.488 e. The van der Waals surface area contributed by atoms with Gasteiger partial charge in [0.05, 0.1) is 11.4 Å². The third-order valence-corrected chi connectivity index (χ3v) is 5.34. The lowest BCUT2D eigenvalue weighted by Gasteiger charge is -2.16. The minimum Gasteiger partial charge on any atom is -0.488 e. The summed E-state index contributed by atoms with van der Waals surface area (Å²) >= 11 is 10.9. The van der Waals surface area contributed by atoms with Crippen molar-refractivity contribution in [1.29, 1.82) is 0 Å². The van der Waals surface area contributed by atoms with Crippen LogP contribution in [-0.2, 0) is 0 Å². The Bertz CT molecular complexity index is 1190. The molecule has 0 aliphatic rings. The summed E-state index contributed by atoms with van der Waals surface area (Å²) in [4.78, 5) is 0. The highest BCUT2D eigenvalue weighted by Gasteiger charge is 2.08. The summed E-state index contributed by atoms with van der Waals surface area (Å²) in [7, 11) is 0. The van der Waals surface area contributed by atoms with Gasteiger partial charge in [-0.05, 0) is 73.0 Å². The molecule has 0 saturated heterocycles. The molecule has 0 heterocycles. The molecule has 0 unspecified atom stereocenters. The van der Waals surface area contributed by atoms with Crippen molar-refractivity contribution in [2.24, 2.45) is 0 Å². The van der Waals surface area contributed by atoms with Crippen molar-refractivity contribution >= 4 is 57.4 Å². The summed E-state index contributed by atoms with van der Waals surface area (Å²) in [5.41, 5.74) is 3.36. The lowest BCUT2D eigenvalue weighted by atomic mass is 10.3. The van der Waals surface area contributed by atoms with Crippen molar-refractivity contribution < 1.29 is 9.47 Å². The van der Waals surface area contributed by atoms with E-state index in [9.17, 15) is 0 Å². The zero-order valence-corrected chi connectivity index (χ0v) is 21.1. The molecule has 0 atom stereocenters.